The maximum atomic E-state index is 6.16. The van der Waals surface area contributed by atoms with Crippen LogP contribution in [0, 0.1) is 0 Å². The van der Waals surface area contributed by atoms with Gasteiger partial charge in [-0.15, -0.1) is 0 Å². The first-order chi connectivity index (χ1) is 8.84. The number of hydrogen-bond acceptors (Lipinski definition) is 3. The molecule has 88 valence electrons. The summed E-state index contributed by atoms with van der Waals surface area (Å²) in [7, 11) is 0. The Kier molecular flexibility index (Phi) is 2.57. The SMILES string of the molecule is Nc1c(Nc2ccccc2)ccc2ncccc12. The van der Waals surface area contributed by atoms with E-state index in [1.54, 1.807) is 6.20 Å². The van der Waals surface area contributed by atoms with E-state index in [2.05, 4.69) is 10.3 Å². The van der Waals surface area contributed by atoms with Crippen LogP contribution in [0.15, 0.2) is 60.8 Å². The van der Waals surface area contributed by atoms with Crippen molar-refractivity contribution in [2.45, 2.75) is 0 Å². The van der Waals surface area contributed by atoms with Crippen molar-refractivity contribution in [3.63, 3.8) is 0 Å². The van der Waals surface area contributed by atoms with Crippen LogP contribution < -0.4 is 11.1 Å². The molecule has 3 aromatic rings. The summed E-state index contributed by atoms with van der Waals surface area (Å²) in [5.74, 6) is 0. The zero-order valence-corrected chi connectivity index (χ0v) is 9.80. The first kappa shape index (κ1) is 10.6. The second kappa shape index (κ2) is 4.37. The van der Waals surface area contributed by atoms with Gasteiger partial charge in [0.2, 0.25) is 0 Å². The summed E-state index contributed by atoms with van der Waals surface area (Å²) in [6, 6.07) is 17.8. The number of rotatable bonds is 2. The molecule has 1 aromatic heterocycles. The lowest BCUT2D eigenvalue weighted by atomic mass is 10.1. The summed E-state index contributed by atoms with van der Waals surface area (Å²) in [6.07, 6.45) is 1.77. The topological polar surface area (TPSA) is 50.9 Å². The molecule has 0 aliphatic rings. The first-order valence-electron chi connectivity index (χ1n) is 5.80. The Balaban J connectivity index is 2.05. The average molecular weight is 235 g/mol. The molecule has 0 aliphatic carbocycles. The lowest BCUT2D eigenvalue weighted by Gasteiger charge is -2.11. The van der Waals surface area contributed by atoms with Crippen LogP contribution >= 0.6 is 0 Å². The van der Waals surface area contributed by atoms with Crippen molar-refractivity contribution >= 4 is 28.0 Å². The molecule has 1 heterocycles. The van der Waals surface area contributed by atoms with E-state index in [9.17, 15) is 0 Å². The fourth-order valence-corrected chi connectivity index (χ4v) is 1.96. The Morgan fingerprint density at radius 2 is 1.72 bits per heavy atom. The molecule has 3 nitrogen and oxygen atoms in total. The molecule has 0 aliphatic heterocycles. The van der Waals surface area contributed by atoms with Gasteiger partial charge in [0.05, 0.1) is 16.9 Å². The van der Waals surface area contributed by atoms with Crippen LogP contribution in [-0.4, -0.2) is 4.98 Å². The number of nitrogen functional groups attached to an aromatic ring is 1. The van der Waals surface area contributed by atoms with Crippen LogP contribution in [0.4, 0.5) is 17.1 Å². The highest BCUT2D eigenvalue weighted by Gasteiger charge is 2.04. The van der Waals surface area contributed by atoms with Crippen LogP contribution in [0.2, 0.25) is 0 Å². The zero-order valence-electron chi connectivity index (χ0n) is 9.80. The lowest BCUT2D eigenvalue weighted by molar-refractivity contribution is 1.41. The smallest absolute Gasteiger partial charge is 0.0724 e. The third kappa shape index (κ3) is 1.86. The fraction of sp³-hybridized carbons (Fsp3) is 0. The Labute approximate surface area is 105 Å². The third-order valence-corrected chi connectivity index (χ3v) is 2.88. The number of anilines is 3. The van der Waals surface area contributed by atoms with Crippen molar-refractivity contribution in [3.8, 4) is 0 Å². The molecule has 3 N–H and O–H groups in total. The molecule has 3 rings (SSSR count). The number of nitrogens with one attached hydrogen (secondary N) is 1. The number of para-hydroxylation sites is 1. The summed E-state index contributed by atoms with van der Waals surface area (Å²) in [6.45, 7) is 0. The molecule has 0 fully saturated rings. The van der Waals surface area contributed by atoms with E-state index in [0.717, 1.165) is 28.0 Å². The van der Waals surface area contributed by atoms with Gasteiger partial charge in [-0.2, -0.15) is 0 Å². The Morgan fingerprint density at radius 1 is 0.889 bits per heavy atom. The maximum absolute atomic E-state index is 6.16. The molecular formula is C15H13N3. The van der Waals surface area contributed by atoms with Gasteiger partial charge in [0.1, 0.15) is 0 Å². The second-order valence-electron chi connectivity index (χ2n) is 4.09. The van der Waals surface area contributed by atoms with Gasteiger partial charge in [-0.05, 0) is 36.4 Å². The first-order valence-corrected chi connectivity index (χ1v) is 5.80. The molecule has 0 unspecified atom stereocenters. The predicted octanol–water partition coefficient (Wildman–Crippen LogP) is 3.56. The highest BCUT2D eigenvalue weighted by Crippen LogP contribution is 2.29. The van der Waals surface area contributed by atoms with Crippen molar-refractivity contribution in [2.24, 2.45) is 0 Å². The van der Waals surface area contributed by atoms with Crippen LogP contribution in [0.25, 0.3) is 10.9 Å². The quantitative estimate of drug-likeness (QED) is 0.668. The summed E-state index contributed by atoms with van der Waals surface area (Å²) in [4.78, 5) is 4.28. The number of fused-ring (bicyclic) bond motifs is 1. The molecule has 0 spiro atoms. The fourth-order valence-electron chi connectivity index (χ4n) is 1.96. The van der Waals surface area contributed by atoms with Crippen LogP contribution in [0.1, 0.15) is 0 Å². The van der Waals surface area contributed by atoms with Gasteiger partial charge < -0.3 is 11.1 Å². The van der Waals surface area contributed by atoms with E-state index in [1.807, 2.05) is 54.6 Å². The summed E-state index contributed by atoms with van der Waals surface area (Å²) in [5.41, 5.74) is 9.73. The van der Waals surface area contributed by atoms with Crippen molar-refractivity contribution in [2.75, 3.05) is 11.1 Å². The van der Waals surface area contributed by atoms with Crippen molar-refractivity contribution in [1.82, 2.24) is 4.98 Å². The van der Waals surface area contributed by atoms with Gasteiger partial charge in [-0.3, -0.25) is 4.98 Å². The minimum Gasteiger partial charge on any atom is -0.396 e. The van der Waals surface area contributed by atoms with E-state index >= 15 is 0 Å². The van der Waals surface area contributed by atoms with Crippen LogP contribution in [0.5, 0.6) is 0 Å². The van der Waals surface area contributed by atoms with Gasteiger partial charge in [-0.25, -0.2) is 0 Å². The minimum atomic E-state index is 0.726. The Bertz CT molecular complexity index is 678. The average Bonchev–Trinajstić information content (AvgIpc) is 2.43. The zero-order chi connectivity index (χ0) is 12.4. The second-order valence-corrected chi connectivity index (χ2v) is 4.09. The largest absolute Gasteiger partial charge is 0.396 e. The predicted molar refractivity (Wildman–Crippen MR) is 75.9 cm³/mol. The van der Waals surface area contributed by atoms with Crippen LogP contribution in [0.3, 0.4) is 0 Å². The number of benzene rings is 2. The number of aromatic nitrogens is 1. The van der Waals surface area contributed by atoms with E-state index in [0.29, 0.717) is 0 Å². The monoisotopic (exact) mass is 235 g/mol. The molecule has 0 atom stereocenters. The van der Waals surface area contributed by atoms with E-state index in [1.165, 1.54) is 0 Å². The van der Waals surface area contributed by atoms with Crippen LogP contribution in [-0.2, 0) is 0 Å². The molecule has 0 saturated heterocycles. The van der Waals surface area contributed by atoms with Gasteiger partial charge in [0.15, 0.2) is 0 Å². The highest BCUT2D eigenvalue weighted by molar-refractivity contribution is 5.97. The number of nitrogens with zero attached hydrogens (tertiary/aromatic N) is 1. The van der Waals surface area contributed by atoms with E-state index < -0.39 is 0 Å². The third-order valence-electron chi connectivity index (χ3n) is 2.88. The molecular weight excluding hydrogens is 222 g/mol. The lowest BCUT2D eigenvalue weighted by Crippen LogP contribution is -1.97. The summed E-state index contributed by atoms with van der Waals surface area (Å²) < 4.78 is 0. The van der Waals surface area contributed by atoms with Crippen molar-refractivity contribution in [3.05, 3.63) is 60.8 Å². The van der Waals surface area contributed by atoms with Gasteiger partial charge in [0.25, 0.3) is 0 Å². The normalized spacial score (nSPS) is 10.4. The van der Waals surface area contributed by atoms with E-state index in [-0.39, 0.29) is 0 Å². The number of nitrogens with two attached hydrogens (primary N) is 1. The van der Waals surface area contributed by atoms with Crippen molar-refractivity contribution in [1.29, 1.82) is 0 Å². The minimum absolute atomic E-state index is 0.726. The Hall–Kier alpha value is -2.55. The van der Waals surface area contributed by atoms with Gasteiger partial charge >= 0.3 is 0 Å². The highest BCUT2D eigenvalue weighted by atomic mass is 14.9. The Morgan fingerprint density at radius 3 is 2.56 bits per heavy atom. The molecule has 0 radical (unpaired) electrons. The molecule has 0 saturated carbocycles. The molecule has 3 heteroatoms. The van der Waals surface area contributed by atoms with Gasteiger partial charge in [0, 0.05) is 17.3 Å². The molecule has 18 heavy (non-hydrogen) atoms. The van der Waals surface area contributed by atoms with E-state index in [4.69, 9.17) is 5.73 Å². The number of pyridine rings is 1. The molecule has 2 aromatic carbocycles. The summed E-state index contributed by atoms with van der Waals surface area (Å²) >= 11 is 0. The molecule has 0 amide bonds. The molecule has 0 bridgehead atoms. The number of hydrogen-bond donors (Lipinski definition) is 2. The van der Waals surface area contributed by atoms with Crippen molar-refractivity contribution < 1.29 is 0 Å². The summed E-state index contributed by atoms with van der Waals surface area (Å²) in [5, 5.41) is 4.28. The van der Waals surface area contributed by atoms with Gasteiger partial charge in [-0.1, -0.05) is 18.2 Å². The standard InChI is InChI=1S/C15H13N3/c16-15-12-7-4-10-17-13(12)8-9-14(15)18-11-5-2-1-3-6-11/h1-10,18H,16H2. The maximum Gasteiger partial charge on any atom is 0.0724 e.